The zero-order valence-electron chi connectivity index (χ0n) is 10.0. The van der Waals surface area contributed by atoms with Gasteiger partial charge in [0.25, 0.3) is 0 Å². The molecule has 0 unspecified atom stereocenters. The SMILES string of the molecule is C=CC(F)(F)c1ccn(-c2ccc(N=CN)cc2)n1. The first-order valence-electron chi connectivity index (χ1n) is 5.49. The summed E-state index contributed by atoms with van der Waals surface area (Å²) >= 11 is 0. The highest BCUT2D eigenvalue weighted by Gasteiger charge is 2.30. The Bertz CT molecular complexity index is 599. The second kappa shape index (κ2) is 5.01. The topological polar surface area (TPSA) is 56.2 Å². The molecule has 0 saturated carbocycles. The molecule has 19 heavy (non-hydrogen) atoms. The van der Waals surface area contributed by atoms with Gasteiger partial charge >= 0.3 is 5.92 Å². The molecule has 1 aromatic carbocycles. The fourth-order valence-electron chi connectivity index (χ4n) is 1.53. The molecule has 2 aromatic rings. The van der Waals surface area contributed by atoms with Gasteiger partial charge in [0.15, 0.2) is 0 Å². The fourth-order valence-corrected chi connectivity index (χ4v) is 1.53. The number of aliphatic imine (C=N–C) groups is 1. The van der Waals surface area contributed by atoms with Crippen LogP contribution in [0.1, 0.15) is 5.69 Å². The number of hydrogen-bond donors (Lipinski definition) is 1. The quantitative estimate of drug-likeness (QED) is 0.523. The third-order valence-electron chi connectivity index (χ3n) is 2.52. The molecule has 0 radical (unpaired) electrons. The molecule has 0 saturated heterocycles. The van der Waals surface area contributed by atoms with Crippen LogP contribution in [0.4, 0.5) is 14.5 Å². The van der Waals surface area contributed by atoms with Crippen molar-refractivity contribution >= 4 is 12.0 Å². The van der Waals surface area contributed by atoms with Crippen LogP contribution in [-0.4, -0.2) is 16.1 Å². The summed E-state index contributed by atoms with van der Waals surface area (Å²) in [7, 11) is 0. The van der Waals surface area contributed by atoms with Crippen molar-refractivity contribution in [1.82, 2.24) is 9.78 Å². The van der Waals surface area contributed by atoms with Crippen molar-refractivity contribution in [3.8, 4) is 5.69 Å². The number of nitrogens with zero attached hydrogens (tertiary/aromatic N) is 3. The van der Waals surface area contributed by atoms with Crippen LogP contribution < -0.4 is 5.73 Å². The van der Waals surface area contributed by atoms with E-state index in [1.165, 1.54) is 23.3 Å². The predicted molar refractivity (Wildman–Crippen MR) is 70.0 cm³/mol. The summed E-state index contributed by atoms with van der Waals surface area (Å²) < 4.78 is 28.1. The minimum absolute atomic E-state index is 0.341. The lowest BCUT2D eigenvalue weighted by atomic mass is 10.2. The van der Waals surface area contributed by atoms with Gasteiger partial charge in [0.2, 0.25) is 0 Å². The highest BCUT2D eigenvalue weighted by Crippen LogP contribution is 2.27. The molecule has 0 bridgehead atoms. The molecule has 0 aliphatic rings. The van der Waals surface area contributed by atoms with E-state index in [1.807, 2.05) is 0 Å². The molecule has 1 aromatic heterocycles. The number of aromatic nitrogens is 2. The van der Waals surface area contributed by atoms with Gasteiger partial charge in [0, 0.05) is 6.20 Å². The smallest absolute Gasteiger partial charge is 0.309 e. The highest BCUT2D eigenvalue weighted by atomic mass is 19.3. The van der Waals surface area contributed by atoms with E-state index in [9.17, 15) is 8.78 Å². The summed E-state index contributed by atoms with van der Waals surface area (Å²) in [5, 5.41) is 3.83. The standard InChI is InChI=1S/C13H12F2N4/c1-2-13(14,15)12-7-8-19(18-12)11-5-3-10(4-6-11)17-9-16/h2-9H,1H2,(H2,16,17). The Morgan fingerprint density at radius 2 is 1.95 bits per heavy atom. The number of hydrogen-bond acceptors (Lipinski definition) is 2. The van der Waals surface area contributed by atoms with E-state index in [-0.39, 0.29) is 5.69 Å². The summed E-state index contributed by atoms with van der Waals surface area (Å²) in [6, 6.07) is 8.11. The van der Waals surface area contributed by atoms with Crippen LogP contribution in [0.15, 0.2) is 54.2 Å². The Kier molecular flexibility index (Phi) is 3.41. The maximum absolute atomic E-state index is 13.4. The molecule has 1 heterocycles. The first-order chi connectivity index (χ1) is 9.06. The van der Waals surface area contributed by atoms with Crippen LogP contribution in [0.3, 0.4) is 0 Å². The predicted octanol–water partition coefficient (Wildman–Crippen LogP) is 2.77. The van der Waals surface area contributed by atoms with Crippen molar-refractivity contribution in [3.05, 3.63) is 54.9 Å². The second-order valence-electron chi connectivity index (χ2n) is 3.77. The fraction of sp³-hybridized carbons (Fsp3) is 0.0769. The Morgan fingerprint density at radius 1 is 1.26 bits per heavy atom. The maximum Gasteiger partial charge on any atom is 0.309 e. The largest absolute Gasteiger partial charge is 0.390 e. The van der Waals surface area contributed by atoms with Gasteiger partial charge in [-0.2, -0.15) is 13.9 Å². The first-order valence-corrected chi connectivity index (χ1v) is 5.49. The molecule has 6 heteroatoms. The van der Waals surface area contributed by atoms with E-state index in [4.69, 9.17) is 5.73 Å². The van der Waals surface area contributed by atoms with Gasteiger partial charge in [-0.05, 0) is 36.4 Å². The van der Waals surface area contributed by atoms with Gasteiger partial charge in [0.1, 0.15) is 5.69 Å². The van der Waals surface area contributed by atoms with Gasteiger partial charge < -0.3 is 5.73 Å². The van der Waals surface area contributed by atoms with E-state index < -0.39 is 5.92 Å². The number of benzene rings is 1. The minimum atomic E-state index is -3.13. The van der Waals surface area contributed by atoms with E-state index in [1.54, 1.807) is 24.3 Å². The van der Waals surface area contributed by atoms with Crippen LogP contribution >= 0.6 is 0 Å². The third-order valence-corrected chi connectivity index (χ3v) is 2.52. The zero-order chi connectivity index (χ0) is 13.9. The summed E-state index contributed by atoms with van der Waals surface area (Å²) in [4.78, 5) is 3.89. The molecule has 0 aliphatic heterocycles. The van der Waals surface area contributed by atoms with Crippen LogP contribution in [0.5, 0.6) is 0 Å². The lowest BCUT2D eigenvalue weighted by Crippen LogP contribution is -2.10. The van der Waals surface area contributed by atoms with Crippen LogP contribution in [-0.2, 0) is 5.92 Å². The Hall–Kier alpha value is -2.50. The number of rotatable bonds is 4. The van der Waals surface area contributed by atoms with E-state index in [0.29, 0.717) is 17.5 Å². The third kappa shape index (κ3) is 2.67. The Morgan fingerprint density at radius 3 is 2.53 bits per heavy atom. The summed E-state index contributed by atoms with van der Waals surface area (Å²) in [6.07, 6.45) is 3.22. The molecular formula is C13H12F2N4. The number of allylic oxidation sites excluding steroid dienone is 1. The average molecular weight is 262 g/mol. The second-order valence-corrected chi connectivity index (χ2v) is 3.77. The number of halogens is 2. The van der Waals surface area contributed by atoms with Crippen LogP contribution in [0.2, 0.25) is 0 Å². The molecule has 0 atom stereocenters. The zero-order valence-corrected chi connectivity index (χ0v) is 10.0. The van der Waals surface area contributed by atoms with Crippen molar-refractivity contribution in [2.24, 2.45) is 10.7 Å². The average Bonchev–Trinajstić information content (AvgIpc) is 2.90. The van der Waals surface area contributed by atoms with Crippen LogP contribution in [0.25, 0.3) is 5.69 Å². The molecule has 0 aliphatic carbocycles. The normalized spacial score (nSPS) is 11.9. The molecule has 2 N–H and O–H groups in total. The lowest BCUT2D eigenvalue weighted by Gasteiger charge is -2.07. The van der Waals surface area contributed by atoms with Gasteiger partial charge in [-0.1, -0.05) is 6.58 Å². The van der Waals surface area contributed by atoms with Gasteiger partial charge in [-0.25, -0.2) is 9.67 Å². The minimum Gasteiger partial charge on any atom is -0.390 e. The lowest BCUT2D eigenvalue weighted by molar-refractivity contribution is 0.0472. The van der Waals surface area contributed by atoms with Gasteiger partial charge in [0.05, 0.1) is 17.7 Å². The van der Waals surface area contributed by atoms with E-state index in [0.717, 1.165) is 0 Å². The highest BCUT2D eigenvalue weighted by molar-refractivity contribution is 5.59. The van der Waals surface area contributed by atoms with E-state index >= 15 is 0 Å². The Balaban J connectivity index is 2.30. The Labute approximate surface area is 108 Å². The van der Waals surface area contributed by atoms with Crippen LogP contribution in [0, 0.1) is 0 Å². The summed E-state index contributed by atoms with van der Waals surface area (Å²) in [5.41, 5.74) is 6.16. The number of nitrogens with two attached hydrogens (primary N) is 1. The molecule has 0 fully saturated rings. The molecule has 0 amide bonds. The van der Waals surface area contributed by atoms with Crippen molar-refractivity contribution in [2.75, 3.05) is 0 Å². The van der Waals surface area contributed by atoms with Crippen molar-refractivity contribution in [3.63, 3.8) is 0 Å². The van der Waals surface area contributed by atoms with Gasteiger partial charge in [-0.3, -0.25) is 0 Å². The summed E-state index contributed by atoms with van der Waals surface area (Å²) in [6.45, 7) is 3.10. The van der Waals surface area contributed by atoms with Gasteiger partial charge in [-0.15, -0.1) is 0 Å². The molecule has 0 spiro atoms. The molecular weight excluding hydrogens is 250 g/mol. The maximum atomic E-state index is 13.4. The van der Waals surface area contributed by atoms with Crippen molar-refractivity contribution < 1.29 is 8.78 Å². The number of alkyl halides is 2. The van der Waals surface area contributed by atoms with E-state index in [2.05, 4.69) is 16.7 Å². The molecule has 2 rings (SSSR count). The monoisotopic (exact) mass is 262 g/mol. The summed E-state index contributed by atoms with van der Waals surface area (Å²) in [5.74, 6) is -3.13. The van der Waals surface area contributed by atoms with Crippen molar-refractivity contribution in [2.45, 2.75) is 5.92 Å². The van der Waals surface area contributed by atoms with Crippen molar-refractivity contribution in [1.29, 1.82) is 0 Å². The first kappa shape index (κ1) is 12.9. The molecule has 98 valence electrons. The molecule has 4 nitrogen and oxygen atoms in total.